The van der Waals surface area contributed by atoms with Crippen molar-refractivity contribution >= 4 is 16.9 Å². The van der Waals surface area contributed by atoms with Gasteiger partial charge < -0.3 is 28.5 Å². The zero-order chi connectivity index (χ0) is 21.8. The largest absolute Gasteiger partial charge is 0.507 e. The number of para-hydroxylation sites is 1. The minimum Gasteiger partial charge on any atom is -0.507 e. The van der Waals surface area contributed by atoms with Crippen LogP contribution in [0.25, 0.3) is 11.0 Å². The minimum absolute atomic E-state index is 0.0791. The molecule has 0 bridgehead atoms. The fourth-order valence-electron chi connectivity index (χ4n) is 3.47. The molecule has 8 nitrogen and oxygen atoms in total. The van der Waals surface area contributed by atoms with Crippen LogP contribution in [0.4, 0.5) is 0 Å². The molecule has 2 aromatic carbocycles. The van der Waals surface area contributed by atoms with Gasteiger partial charge >= 0.3 is 11.6 Å². The predicted molar refractivity (Wildman–Crippen MR) is 109 cm³/mol. The van der Waals surface area contributed by atoms with E-state index in [1.54, 1.807) is 36.4 Å². The second kappa shape index (κ2) is 8.77. The highest BCUT2D eigenvalue weighted by atomic mass is 16.5. The van der Waals surface area contributed by atoms with Crippen LogP contribution in [-0.4, -0.2) is 39.5 Å². The number of carbonyl (C=O) groups is 1. The van der Waals surface area contributed by atoms with Crippen molar-refractivity contribution in [3.63, 3.8) is 0 Å². The molecule has 0 fully saturated rings. The molecule has 0 amide bonds. The summed E-state index contributed by atoms with van der Waals surface area (Å²) in [5, 5.41) is 11.3. The summed E-state index contributed by atoms with van der Waals surface area (Å²) in [7, 11) is 5.60. The highest BCUT2D eigenvalue weighted by Gasteiger charge is 2.31. The Morgan fingerprint density at radius 2 is 1.70 bits per heavy atom. The lowest BCUT2D eigenvalue weighted by Gasteiger charge is -2.22. The van der Waals surface area contributed by atoms with E-state index in [0.717, 1.165) is 0 Å². The van der Waals surface area contributed by atoms with Gasteiger partial charge in [0.1, 0.15) is 11.3 Å². The lowest BCUT2D eigenvalue weighted by Crippen LogP contribution is -2.19. The molecule has 3 aromatic rings. The third kappa shape index (κ3) is 3.63. The van der Waals surface area contributed by atoms with Crippen molar-refractivity contribution in [1.29, 1.82) is 0 Å². The molecule has 0 saturated carbocycles. The number of ether oxygens (including phenoxy) is 4. The number of hydrogen-bond donors (Lipinski definition) is 1. The molecule has 0 aliphatic rings. The van der Waals surface area contributed by atoms with E-state index < -0.39 is 17.5 Å². The molecular weight excluding hydrogens is 392 g/mol. The van der Waals surface area contributed by atoms with Crippen molar-refractivity contribution < 1.29 is 33.3 Å². The average molecular weight is 414 g/mol. The highest BCUT2D eigenvalue weighted by Crippen LogP contribution is 2.46. The number of aromatic hydroxyl groups is 1. The Kier molecular flexibility index (Phi) is 6.15. The van der Waals surface area contributed by atoms with Crippen LogP contribution in [0.15, 0.2) is 45.6 Å². The third-order valence-corrected chi connectivity index (χ3v) is 4.88. The monoisotopic (exact) mass is 414 g/mol. The fourth-order valence-corrected chi connectivity index (χ4v) is 3.47. The molecule has 1 aromatic heterocycles. The van der Waals surface area contributed by atoms with Gasteiger partial charge in [0.2, 0.25) is 5.75 Å². The van der Waals surface area contributed by atoms with Gasteiger partial charge in [0.05, 0.1) is 45.8 Å². The smallest absolute Gasteiger partial charge is 0.343 e. The molecule has 1 atom stereocenters. The number of benzene rings is 2. The molecule has 0 unspecified atom stereocenters. The summed E-state index contributed by atoms with van der Waals surface area (Å²) >= 11 is 0. The second-order valence-electron chi connectivity index (χ2n) is 6.40. The normalized spacial score (nSPS) is 11.7. The number of carbonyl (C=O) groups excluding carboxylic acids is 1. The number of fused-ring (bicyclic) bond motifs is 1. The highest BCUT2D eigenvalue weighted by molar-refractivity contribution is 5.85. The van der Waals surface area contributed by atoms with Gasteiger partial charge in [0.25, 0.3) is 0 Å². The van der Waals surface area contributed by atoms with Crippen LogP contribution in [0.2, 0.25) is 0 Å². The quantitative estimate of drug-likeness (QED) is 0.464. The summed E-state index contributed by atoms with van der Waals surface area (Å²) in [6, 6.07) is 9.86. The van der Waals surface area contributed by atoms with Gasteiger partial charge in [-0.2, -0.15) is 0 Å². The minimum atomic E-state index is -0.923. The number of rotatable bonds is 7. The number of hydrogen-bond acceptors (Lipinski definition) is 8. The van der Waals surface area contributed by atoms with Crippen molar-refractivity contribution in [2.24, 2.45) is 0 Å². The van der Waals surface area contributed by atoms with Gasteiger partial charge in [0, 0.05) is 11.5 Å². The first-order valence-electron chi connectivity index (χ1n) is 9.07. The van der Waals surface area contributed by atoms with Crippen molar-refractivity contribution in [3.05, 3.63) is 57.9 Å². The van der Waals surface area contributed by atoms with Gasteiger partial charge in [-0.1, -0.05) is 18.2 Å². The lowest BCUT2D eigenvalue weighted by molar-refractivity contribution is -0.140. The molecule has 1 N–H and O–H groups in total. The van der Waals surface area contributed by atoms with Crippen LogP contribution < -0.4 is 19.8 Å². The topological polar surface area (TPSA) is 104 Å². The first kappa shape index (κ1) is 21.0. The van der Waals surface area contributed by atoms with Crippen molar-refractivity contribution in [1.82, 2.24) is 0 Å². The number of esters is 1. The van der Waals surface area contributed by atoms with Gasteiger partial charge in [-0.15, -0.1) is 0 Å². The molecule has 0 aliphatic carbocycles. The second-order valence-corrected chi connectivity index (χ2v) is 6.40. The Bertz CT molecular complexity index is 1130. The molecule has 1 heterocycles. The molecule has 0 radical (unpaired) electrons. The maximum absolute atomic E-state index is 12.8. The lowest BCUT2D eigenvalue weighted by atomic mass is 9.87. The van der Waals surface area contributed by atoms with Crippen molar-refractivity contribution in [2.75, 3.05) is 28.4 Å². The van der Waals surface area contributed by atoms with Crippen LogP contribution in [0.1, 0.15) is 23.5 Å². The summed E-state index contributed by atoms with van der Waals surface area (Å²) in [5.41, 5.74) is -0.181. The van der Waals surface area contributed by atoms with E-state index >= 15 is 0 Å². The first-order valence-corrected chi connectivity index (χ1v) is 9.07. The van der Waals surface area contributed by atoms with E-state index in [-0.39, 0.29) is 34.8 Å². The maximum atomic E-state index is 12.8. The maximum Gasteiger partial charge on any atom is 0.343 e. The van der Waals surface area contributed by atoms with E-state index in [9.17, 15) is 14.7 Å². The van der Waals surface area contributed by atoms with Gasteiger partial charge in [0.15, 0.2) is 11.5 Å². The van der Waals surface area contributed by atoms with E-state index in [1.807, 2.05) is 0 Å². The van der Waals surface area contributed by atoms with Gasteiger partial charge in [-0.05, 0) is 18.2 Å². The average Bonchev–Trinajstić information content (AvgIpc) is 2.76. The summed E-state index contributed by atoms with van der Waals surface area (Å²) in [6.07, 6.45) is -0.237. The molecule has 0 saturated heterocycles. The van der Waals surface area contributed by atoms with Crippen molar-refractivity contribution in [2.45, 2.75) is 12.3 Å². The summed E-state index contributed by atoms with van der Waals surface area (Å²) in [5.74, 6) is -0.816. The molecule has 8 heteroatoms. The van der Waals surface area contributed by atoms with E-state index in [2.05, 4.69) is 0 Å². The molecule has 30 heavy (non-hydrogen) atoms. The Labute approximate surface area is 172 Å². The van der Waals surface area contributed by atoms with Crippen LogP contribution in [-0.2, 0) is 9.53 Å². The van der Waals surface area contributed by atoms with E-state index in [1.165, 1.54) is 28.4 Å². The molecule has 0 spiro atoms. The van der Waals surface area contributed by atoms with E-state index in [4.69, 9.17) is 23.4 Å². The SMILES string of the molecule is COC(=O)C[C@@H](c1ccc(OC)c(OC)c1OC)c1c(O)c2ccccc2oc1=O. The van der Waals surface area contributed by atoms with Crippen molar-refractivity contribution in [3.8, 4) is 23.0 Å². The van der Waals surface area contributed by atoms with Crippen LogP contribution in [0.3, 0.4) is 0 Å². The summed E-state index contributed by atoms with van der Waals surface area (Å²) < 4.78 is 26.5. The molecular formula is C22H22O8. The number of methoxy groups -OCH3 is 4. The Balaban J connectivity index is 2.33. The first-order chi connectivity index (χ1) is 14.5. The summed E-state index contributed by atoms with van der Waals surface area (Å²) in [4.78, 5) is 25.0. The fraction of sp³-hybridized carbons (Fsp3) is 0.273. The molecule has 158 valence electrons. The Morgan fingerprint density at radius 3 is 2.33 bits per heavy atom. The van der Waals surface area contributed by atoms with Crippen LogP contribution >= 0.6 is 0 Å². The van der Waals surface area contributed by atoms with Crippen LogP contribution in [0, 0.1) is 0 Å². The standard InChI is InChI=1S/C22H22O8/c1-26-16-10-9-12(20(28-3)21(16)29-4)14(11-17(23)27-2)18-19(24)13-7-5-6-8-15(13)30-22(18)25/h5-10,14,24H,11H2,1-4H3/t14-/m0/s1. The molecule has 0 aliphatic heterocycles. The zero-order valence-electron chi connectivity index (χ0n) is 17.1. The summed E-state index contributed by atoms with van der Waals surface area (Å²) in [6.45, 7) is 0. The van der Waals surface area contributed by atoms with Gasteiger partial charge in [-0.25, -0.2) is 4.79 Å². The van der Waals surface area contributed by atoms with Crippen LogP contribution in [0.5, 0.6) is 23.0 Å². The van der Waals surface area contributed by atoms with E-state index in [0.29, 0.717) is 16.7 Å². The third-order valence-electron chi connectivity index (χ3n) is 4.88. The predicted octanol–water partition coefficient (Wildman–Crippen LogP) is 3.22. The Morgan fingerprint density at radius 1 is 1.00 bits per heavy atom. The Hall–Kier alpha value is -3.68. The van der Waals surface area contributed by atoms with Gasteiger partial charge in [-0.3, -0.25) is 4.79 Å². The zero-order valence-corrected chi connectivity index (χ0v) is 17.1. The molecule has 3 rings (SSSR count).